The number of carboxylic acid groups (broad SMARTS) is 1. The number of piperazine rings is 1. The van der Waals surface area contributed by atoms with Gasteiger partial charge >= 0.3 is 5.97 Å². The number of carboxylic acids is 1. The molecular weight excluding hydrogens is 272 g/mol. The standard InChI is InChI=1S/C14H20N4O3/c15-11(14(20)21)9-17-13(19)10-3-1-2-4-12(10)18-7-5-16-6-8-18/h1-4,11,16H,5-9,15H2,(H,17,19)(H,20,21). The minimum absolute atomic E-state index is 0.0932. The number of nitrogens with two attached hydrogens (primary N) is 1. The molecule has 0 aliphatic carbocycles. The van der Waals surface area contributed by atoms with Gasteiger partial charge in [-0.3, -0.25) is 9.59 Å². The van der Waals surface area contributed by atoms with Crippen molar-refractivity contribution in [1.82, 2.24) is 10.6 Å². The van der Waals surface area contributed by atoms with Crippen LogP contribution in [-0.2, 0) is 4.79 Å². The largest absolute Gasteiger partial charge is 0.480 e. The van der Waals surface area contributed by atoms with Crippen LogP contribution in [0, 0.1) is 0 Å². The molecule has 0 bridgehead atoms. The number of benzene rings is 1. The highest BCUT2D eigenvalue weighted by atomic mass is 16.4. The molecule has 0 saturated carbocycles. The Kier molecular flexibility index (Phi) is 5.13. The summed E-state index contributed by atoms with van der Waals surface area (Å²) in [6, 6.07) is 6.21. The molecule has 1 aliphatic heterocycles. The summed E-state index contributed by atoms with van der Waals surface area (Å²) >= 11 is 0. The summed E-state index contributed by atoms with van der Waals surface area (Å²) in [4.78, 5) is 25.0. The van der Waals surface area contributed by atoms with Crippen LogP contribution < -0.4 is 21.3 Å². The quantitative estimate of drug-likeness (QED) is 0.568. The van der Waals surface area contributed by atoms with E-state index in [9.17, 15) is 9.59 Å². The molecule has 1 aromatic carbocycles. The lowest BCUT2D eigenvalue weighted by Gasteiger charge is -2.30. The Labute approximate surface area is 123 Å². The first-order valence-corrected chi connectivity index (χ1v) is 6.91. The van der Waals surface area contributed by atoms with E-state index in [1.165, 1.54) is 0 Å². The summed E-state index contributed by atoms with van der Waals surface area (Å²) in [5.74, 6) is -1.44. The van der Waals surface area contributed by atoms with Crippen LogP contribution in [0.3, 0.4) is 0 Å². The topological polar surface area (TPSA) is 108 Å². The predicted octanol–water partition coefficient (Wildman–Crippen LogP) is -0.762. The van der Waals surface area contributed by atoms with E-state index in [4.69, 9.17) is 10.8 Å². The van der Waals surface area contributed by atoms with Gasteiger partial charge in [0.2, 0.25) is 0 Å². The van der Waals surface area contributed by atoms with Crippen molar-refractivity contribution < 1.29 is 14.7 Å². The van der Waals surface area contributed by atoms with E-state index in [2.05, 4.69) is 15.5 Å². The number of nitrogens with one attached hydrogen (secondary N) is 2. The summed E-state index contributed by atoms with van der Waals surface area (Å²) < 4.78 is 0. The van der Waals surface area contributed by atoms with Crippen molar-refractivity contribution in [1.29, 1.82) is 0 Å². The van der Waals surface area contributed by atoms with E-state index in [1.807, 2.05) is 12.1 Å². The second-order valence-electron chi connectivity index (χ2n) is 4.91. The van der Waals surface area contributed by atoms with Crippen LogP contribution in [-0.4, -0.2) is 55.7 Å². The smallest absolute Gasteiger partial charge is 0.322 e. The third-order valence-corrected chi connectivity index (χ3v) is 3.41. The molecular formula is C14H20N4O3. The molecule has 1 atom stereocenters. The predicted molar refractivity (Wildman–Crippen MR) is 79.5 cm³/mol. The summed E-state index contributed by atoms with van der Waals surface area (Å²) in [7, 11) is 0. The number of aliphatic carboxylic acids is 1. The maximum atomic E-state index is 12.2. The van der Waals surface area contributed by atoms with E-state index < -0.39 is 12.0 Å². The summed E-state index contributed by atoms with van der Waals surface area (Å²) in [6.45, 7) is 3.32. The van der Waals surface area contributed by atoms with Crippen molar-refractivity contribution in [3.63, 3.8) is 0 Å². The van der Waals surface area contributed by atoms with Crippen LogP contribution in [0.15, 0.2) is 24.3 Å². The fourth-order valence-electron chi connectivity index (χ4n) is 2.23. The van der Waals surface area contributed by atoms with E-state index in [0.717, 1.165) is 31.9 Å². The van der Waals surface area contributed by atoms with Gasteiger partial charge in [-0.15, -0.1) is 0 Å². The SMILES string of the molecule is NC(CNC(=O)c1ccccc1N1CCNCC1)C(=O)O. The van der Waals surface area contributed by atoms with E-state index in [-0.39, 0.29) is 12.5 Å². The molecule has 1 aromatic rings. The average Bonchev–Trinajstić information content (AvgIpc) is 2.53. The third kappa shape index (κ3) is 3.93. The fourth-order valence-corrected chi connectivity index (χ4v) is 2.23. The Morgan fingerprint density at radius 3 is 2.67 bits per heavy atom. The Morgan fingerprint density at radius 1 is 1.33 bits per heavy atom. The van der Waals surface area contributed by atoms with Gasteiger partial charge in [0.25, 0.3) is 5.91 Å². The molecule has 7 heteroatoms. The van der Waals surface area contributed by atoms with E-state index in [1.54, 1.807) is 12.1 Å². The van der Waals surface area contributed by atoms with Crippen molar-refractivity contribution >= 4 is 17.6 Å². The Morgan fingerprint density at radius 2 is 2.00 bits per heavy atom. The normalized spacial score (nSPS) is 16.3. The Bertz CT molecular complexity index is 515. The third-order valence-electron chi connectivity index (χ3n) is 3.41. The molecule has 0 spiro atoms. The van der Waals surface area contributed by atoms with E-state index in [0.29, 0.717) is 5.56 Å². The van der Waals surface area contributed by atoms with Crippen molar-refractivity contribution in [3.05, 3.63) is 29.8 Å². The molecule has 1 saturated heterocycles. The molecule has 21 heavy (non-hydrogen) atoms. The zero-order chi connectivity index (χ0) is 15.2. The Balaban J connectivity index is 2.08. The summed E-state index contributed by atoms with van der Waals surface area (Å²) in [5, 5.41) is 14.6. The van der Waals surface area contributed by atoms with Crippen LogP contribution in [0.5, 0.6) is 0 Å². The van der Waals surface area contributed by atoms with Crippen molar-refractivity contribution in [2.24, 2.45) is 5.73 Å². The highest BCUT2D eigenvalue weighted by Gasteiger charge is 2.19. The zero-order valence-corrected chi connectivity index (χ0v) is 11.7. The summed E-state index contributed by atoms with van der Waals surface area (Å²) in [5.41, 5.74) is 6.79. The highest BCUT2D eigenvalue weighted by molar-refractivity contribution is 6.00. The first kappa shape index (κ1) is 15.3. The van der Waals surface area contributed by atoms with E-state index >= 15 is 0 Å². The minimum Gasteiger partial charge on any atom is -0.480 e. The molecule has 7 nitrogen and oxygen atoms in total. The van der Waals surface area contributed by atoms with Crippen LogP contribution in [0.25, 0.3) is 0 Å². The number of rotatable bonds is 5. The molecule has 1 heterocycles. The molecule has 114 valence electrons. The lowest BCUT2D eigenvalue weighted by Crippen LogP contribution is -2.45. The molecule has 1 fully saturated rings. The first-order chi connectivity index (χ1) is 10.1. The van der Waals surface area contributed by atoms with Gasteiger partial charge in [-0.1, -0.05) is 12.1 Å². The van der Waals surface area contributed by atoms with Gasteiger partial charge in [0.05, 0.1) is 5.56 Å². The van der Waals surface area contributed by atoms with Crippen molar-refractivity contribution in [3.8, 4) is 0 Å². The Hall–Kier alpha value is -2.12. The van der Waals surface area contributed by atoms with Gasteiger partial charge in [0.15, 0.2) is 0 Å². The van der Waals surface area contributed by atoms with Gasteiger partial charge in [-0.25, -0.2) is 0 Å². The molecule has 0 aromatic heterocycles. The number of amides is 1. The lowest BCUT2D eigenvalue weighted by molar-refractivity contribution is -0.138. The highest BCUT2D eigenvalue weighted by Crippen LogP contribution is 2.20. The van der Waals surface area contributed by atoms with Gasteiger partial charge in [-0.05, 0) is 12.1 Å². The fraction of sp³-hybridized carbons (Fsp3) is 0.429. The van der Waals surface area contributed by atoms with Gasteiger partial charge in [0, 0.05) is 38.4 Å². The number of hydrogen-bond acceptors (Lipinski definition) is 5. The molecule has 1 amide bonds. The molecule has 0 radical (unpaired) electrons. The van der Waals surface area contributed by atoms with Crippen LogP contribution >= 0.6 is 0 Å². The van der Waals surface area contributed by atoms with Gasteiger partial charge in [-0.2, -0.15) is 0 Å². The van der Waals surface area contributed by atoms with Crippen molar-refractivity contribution in [2.75, 3.05) is 37.6 Å². The molecule has 2 rings (SSSR count). The summed E-state index contributed by atoms with van der Waals surface area (Å²) in [6.07, 6.45) is 0. The maximum absolute atomic E-state index is 12.2. The number of hydrogen-bond donors (Lipinski definition) is 4. The van der Waals surface area contributed by atoms with Crippen LogP contribution in [0.2, 0.25) is 0 Å². The van der Waals surface area contributed by atoms with Crippen molar-refractivity contribution in [2.45, 2.75) is 6.04 Å². The number of carbonyl (C=O) groups excluding carboxylic acids is 1. The molecule has 1 unspecified atom stereocenters. The monoisotopic (exact) mass is 292 g/mol. The van der Waals surface area contributed by atoms with Crippen LogP contribution in [0.4, 0.5) is 5.69 Å². The number of para-hydroxylation sites is 1. The molecule has 1 aliphatic rings. The second-order valence-corrected chi connectivity index (χ2v) is 4.91. The van der Waals surface area contributed by atoms with Gasteiger partial charge in [0.1, 0.15) is 6.04 Å². The number of carbonyl (C=O) groups is 2. The number of anilines is 1. The number of nitrogens with zero attached hydrogens (tertiary/aromatic N) is 1. The lowest BCUT2D eigenvalue weighted by atomic mass is 10.1. The average molecular weight is 292 g/mol. The zero-order valence-electron chi connectivity index (χ0n) is 11.7. The van der Waals surface area contributed by atoms with Gasteiger partial charge < -0.3 is 26.4 Å². The second kappa shape index (κ2) is 7.05. The maximum Gasteiger partial charge on any atom is 0.322 e. The molecule has 5 N–H and O–H groups in total. The first-order valence-electron chi connectivity index (χ1n) is 6.91. The van der Waals surface area contributed by atoms with Crippen LogP contribution in [0.1, 0.15) is 10.4 Å². The minimum atomic E-state index is -1.13.